The molecule has 0 atom stereocenters. The topological polar surface area (TPSA) is 41.8 Å². The van der Waals surface area contributed by atoms with E-state index in [-0.39, 0.29) is 6.61 Å². The van der Waals surface area contributed by atoms with Gasteiger partial charge in [-0.15, -0.1) is 0 Å². The Hall–Kier alpha value is -0.220. The fourth-order valence-electron chi connectivity index (χ4n) is 0.536. The summed E-state index contributed by atoms with van der Waals surface area (Å²) in [7, 11) is 0. The first-order chi connectivity index (χ1) is 4.43. The summed E-state index contributed by atoms with van der Waals surface area (Å²) >= 11 is 1.60. The first-order valence-corrected chi connectivity index (χ1v) is 3.83. The molecule has 1 heterocycles. The number of thioether (sulfide) groups is 1. The normalized spacial score (nSPS) is 17.7. The fourth-order valence-corrected chi connectivity index (χ4v) is 1.24. The largest absolute Gasteiger partial charge is 0.471 e. The quantitative estimate of drug-likeness (QED) is 0.602. The minimum atomic E-state index is 0.0690. The molecule has 0 saturated heterocycles. The number of hydrogen-bond acceptors (Lipinski definition) is 4. The molecule has 1 rings (SSSR count). The molecule has 0 radical (unpaired) electrons. The molecular formula is C5H9NO2S. The highest BCUT2D eigenvalue weighted by atomic mass is 32.2. The van der Waals surface area contributed by atoms with Crippen molar-refractivity contribution in [1.29, 1.82) is 0 Å². The summed E-state index contributed by atoms with van der Waals surface area (Å²) < 4.78 is 5.02. The van der Waals surface area contributed by atoms with Gasteiger partial charge in [-0.3, -0.25) is 0 Å². The summed E-state index contributed by atoms with van der Waals surface area (Å²) in [5.74, 6) is 1.01. The summed E-state index contributed by atoms with van der Waals surface area (Å²) in [6, 6.07) is 0. The Kier molecular flexibility index (Phi) is 2.86. The van der Waals surface area contributed by atoms with Crippen molar-refractivity contribution < 1.29 is 9.84 Å². The Morgan fingerprint density at radius 3 is 3.22 bits per heavy atom. The maximum absolute atomic E-state index is 8.34. The van der Waals surface area contributed by atoms with E-state index >= 15 is 0 Å². The van der Waals surface area contributed by atoms with Crippen molar-refractivity contribution in [1.82, 2.24) is 0 Å². The van der Waals surface area contributed by atoms with Gasteiger partial charge < -0.3 is 9.84 Å². The van der Waals surface area contributed by atoms with Crippen molar-refractivity contribution in [3.63, 3.8) is 0 Å². The molecular weight excluding hydrogens is 138 g/mol. The van der Waals surface area contributed by atoms with E-state index in [2.05, 4.69) is 4.99 Å². The number of aliphatic hydroxyl groups is 1. The van der Waals surface area contributed by atoms with Crippen LogP contribution < -0.4 is 0 Å². The molecule has 0 aromatic heterocycles. The van der Waals surface area contributed by atoms with E-state index in [9.17, 15) is 0 Å². The highest BCUT2D eigenvalue weighted by molar-refractivity contribution is 8.13. The van der Waals surface area contributed by atoms with Crippen LogP contribution in [0, 0.1) is 0 Å². The van der Waals surface area contributed by atoms with Gasteiger partial charge in [0.1, 0.15) is 6.61 Å². The molecule has 4 heteroatoms. The van der Waals surface area contributed by atoms with Gasteiger partial charge in [0.05, 0.1) is 13.2 Å². The molecule has 0 fully saturated rings. The third kappa shape index (κ3) is 2.24. The van der Waals surface area contributed by atoms with Gasteiger partial charge in [-0.25, -0.2) is 4.99 Å². The van der Waals surface area contributed by atoms with E-state index in [1.54, 1.807) is 11.8 Å². The summed E-state index contributed by atoms with van der Waals surface area (Å²) in [4.78, 5) is 4.02. The molecule has 0 spiro atoms. The highest BCUT2D eigenvalue weighted by Crippen LogP contribution is 2.11. The van der Waals surface area contributed by atoms with E-state index in [1.807, 2.05) is 0 Å². The second-order valence-corrected chi connectivity index (χ2v) is 2.61. The summed E-state index contributed by atoms with van der Waals surface area (Å²) in [5.41, 5.74) is 0. The number of aliphatic imine (C=N–C) groups is 1. The van der Waals surface area contributed by atoms with Crippen molar-refractivity contribution in [3.05, 3.63) is 0 Å². The van der Waals surface area contributed by atoms with Crippen molar-refractivity contribution in [3.8, 4) is 0 Å². The molecule has 3 nitrogen and oxygen atoms in total. The Morgan fingerprint density at radius 2 is 2.67 bits per heavy atom. The maximum atomic E-state index is 8.34. The molecule has 1 N–H and O–H groups in total. The van der Waals surface area contributed by atoms with Gasteiger partial charge in [-0.1, -0.05) is 11.8 Å². The lowest BCUT2D eigenvalue weighted by Gasteiger charge is -1.99. The Labute approximate surface area is 58.1 Å². The summed E-state index contributed by atoms with van der Waals surface area (Å²) in [5, 5.41) is 9.06. The standard InChI is InChI=1S/C5H9NO2S/c7-2-3-8-5-6-1-4-9-5/h7H,1-4H2. The lowest BCUT2D eigenvalue weighted by atomic mass is 10.8. The van der Waals surface area contributed by atoms with Crippen LogP contribution in [0.25, 0.3) is 0 Å². The van der Waals surface area contributed by atoms with Crippen LogP contribution in [0.5, 0.6) is 0 Å². The highest BCUT2D eigenvalue weighted by Gasteiger charge is 2.06. The monoisotopic (exact) mass is 147 g/mol. The second-order valence-electron chi connectivity index (χ2n) is 1.57. The predicted molar refractivity (Wildman–Crippen MR) is 37.8 cm³/mol. The minimum absolute atomic E-state index is 0.0690. The van der Waals surface area contributed by atoms with Crippen molar-refractivity contribution in [2.45, 2.75) is 0 Å². The van der Waals surface area contributed by atoms with Crippen LogP contribution in [0.1, 0.15) is 0 Å². The molecule has 0 unspecified atom stereocenters. The molecule has 9 heavy (non-hydrogen) atoms. The second kappa shape index (κ2) is 3.74. The Morgan fingerprint density at radius 1 is 1.78 bits per heavy atom. The first kappa shape index (κ1) is 6.89. The average Bonchev–Trinajstić information content (AvgIpc) is 2.34. The Balaban J connectivity index is 2.11. The molecule has 0 saturated carbocycles. The zero-order valence-electron chi connectivity index (χ0n) is 5.04. The molecule has 0 aliphatic carbocycles. The lowest BCUT2D eigenvalue weighted by Crippen LogP contribution is -2.02. The lowest BCUT2D eigenvalue weighted by molar-refractivity contribution is 0.198. The number of ether oxygens (including phenoxy) is 1. The first-order valence-electron chi connectivity index (χ1n) is 2.84. The van der Waals surface area contributed by atoms with Gasteiger partial charge in [0.2, 0.25) is 5.23 Å². The van der Waals surface area contributed by atoms with E-state index in [1.165, 1.54) is 0 Å². The summed E-state index contributed by atoms with van der Waals surface area (Å²) in [6.07, 6.45) is 0. The van der Waals surface area contributed by atoms with Crippen LogP contribution >= 0.6 is 11.8 Å². The number of nitrogens with zero attached hydrogens (tertiary/aromatic N) is 1. The molecule has 0 amide bonds. The van der Waals surface area contributed by atoms with Crippen LogP contribution in [0.2, 0.25) is 0 Å². The van der Waals surface area contributed by atoms with Gasteiger partial charge >= 0.3 is 0 Å². The van der Waals surface area contributed by atoms with Crippen molar-refractivity contribution in [2.24, 2.45) is 4.99 Å². The van der Waals surface area contributed by atoms with Gasteiger partial charge in [0.15, 0.2) is 0 Å². The average molecular weight is 147 g/mol. The van der Waals surface area contributed by atoms with Gasteiger partial charge in [0.25, 0.3) is 0 Å². The minimum Gasteiger partial charge on any atom is -0.471 e. The molecule has 0 aromatic rings. The number of hydrogen-bond donors (Lipinski definition) is 1. The van der Waals surface area contributed by atoms with Gasteiger partial charge in [-0.2, -0.15) is 0 Å². The third-order valence-electron chi connectivity index (χ3n) is 0.875. The molecule has 0 bridgehead atoms. The fraction of sp³-hybridized carbons (Fsp3) is 0.800. The molecule has 52 valence electrons. The maximum Gasteiger partial charge on any atom is 0.245 e. The van der Waals surface area contributed by atoms with Crippen LogP contribution in [0.15, 0.2) is 4.99 Å². The van der Waals surface area contributed by atoms with Crippen molar-refractivity contribution in [2.75, 3.05) is 25.5 Å². The Bertz CT molecular complexity index is 116. The van der Waals surface area contributed by atoms with E-state index in [0.717, 1.165) is 17.5 Å². The van der Waals surface area contributed by atoms with Gasteiger partial charge in [0, 0.05) is 5.75 Å². The zero-order valence-corrected chi connectivity index (χ0v) is 5.86. The SMILES string of the molecule is OCCOC1=NCCS1. The molecule has 1 aliphatic rings. The van der Waals surface area contributed by atoms with E-state index in [4.69, 9.17) is 9.84 Å². The number of aliphatic hydroxyl groups excluding tert-OH is 1. The van der Waals surface area contributed by atoms with Crippen LogP contribution in [-0.2, 0) is 4.74 Å². The third-order valence-corrected chi connectivity index (χ3v) is 1.76. The van der Waals surface area contributed by atoms with Crippen LogP contribution in [-0.4, -0.2) is 35.8 Å². The zero-order chi connectivity index (χ0) is 6.53. The van der Waals surface area contributed by atoms with Crippen LogP contribution in [0.4, 0.5) is 0 Å². The van der Waals surface area contributed by atoms with Gasteiger partial charge in [-0.05, 0) is 0 Å². The van der Waals surface area contributed by atoms with E-state index in [0.29, 0.717) is 6.61 Å². The molecule has 0 aromatic carbocycles. The molecule has 1 aliphatic heterocycles. The van der Waals surface area contributed by atoms with Crippen molar-refractivity contribution >= 4 is 17.0 Å². The smallest absolute Gasteiger partial charge is 0.245 e. The summed E-state index contributed by atoms with van der Waals surface area (Å²) in [6.45, 7) is 1.29. The number of rotatable bonds is 2. The van der Waals surface area contributed by atoms with E-state index < -0.39 is 0 Å². The predicted octanol–water partition coefficient (Wildman–Crippen LogP) is 0.0981. The van der Waals surface area contributed by atoms with Crippen LogP contribution in [0.3, 0.4) is 0 Å².